The van der Waals surface area contributed by atoms with Crippen LogP contribution < -0.4 is 5.32 Å². The topological polar surface area (TPSA) is 75.4 Å². The number of carbonyl (C=O) groups excluding carboxylic acids is 2. The number of halogens is 1. The van der Waals surface area contributed by atoms with Crippen molar-refractivity contribution in [3.8, 4) is 11.1 Å². The molecule has 2 amide bonds. The van der Waals surface area contributed by atoms with E-state index in [1.165, 1.54) is 0 Å². The first-order chi connectivity index (χ1) is 11.2. The van der Waals surface area contributed by atoms with Gasteiger partial charge in [0.2, 0.25) is 5.91 Å². The SMILES string of the molecule is O=C(NCC1CN(C(=O)CCl)C1)c1ccc(-c2cnoc2)cc1. The predicted octanol–water partition coefficient (Wildman–Crippen LogP) is 1.77. The van der Waals surface area contributed by atoms with Gasteiger partial charge in [0.15, 0.2) is 0 Å². The van der Waals surface area contributed by atoms with Crippen molar-refractivity contribution in [3.63, 3.8) is 0 Å². The molecule has 120 valence electrons. The molecule has 0 bridgehead atoms. The van der Waals surface area contributed by atoms with Crippen LogP contribution in [-0.2, 0) is 4.79 Å². The van der Waals surface area contributed by atoms with Crippen LogP contribution in [0.5, 0.6) is 0 Å². The van der Waals surface area contributed by atoms with Crippen LogP contribution in [0.3, 0.4) is 0 Å². The molecule has 0 spiro atoms. The molecule has 3 rings (SSSR count). The van der Waals surface area contributed by atoms with Gasteiger partial charge >= 0.3 is 0 Å². The van der Waals surface area contributed by atoms with Crippen LogP contribution in [0.4, 0.5) is 0 Å². The number of aromatic nitrogens is 1. The van der Waals surface area contributed by atoms with Crippen molar-refractivity contribution in [3.05, 3.63) is 42.3 Å². The Morgan fingerprint density at radius 2 is 2.00 bits per heavy atom. The van der Waals surface area contributed by atoms with E-state index < -0.39 is 0 Å². The summed E-state index contributed by atoms with van der Waals surface area (Å²) in [6, 6.07) is 7.24. The fourth-order valence-corrected chi connectivity index (χ4v) is 2.66. The van der Waals surface area contributed by atoms with E-state index in [9.17, 15) is 9.59 Å². The molecule has 1 aromatic heterocycles. The van der Waals surface area contributed by atoms with Gasteiger partial charge in [-0.15, -0.1) is 11.6 Å². The van der Waals surface area contributed by atoms with E-state index in [1.54, 1.807) is 29.5 Å². The van der Waals surface area contributed by atoms with Crippen molar-refractivity contribution in [2.75, 3.05) is 25.5 Å². The Hall–Kier alpha value is -2.34. The number of hydrogen-bond acceptors (Lipinski definition) is 4. The molecule has 2 aromatic rings. The Balaban J connectivity index is 1.49. The maximum Gasteiger partial charge on any atom is 0.251 e. The summed E-state index contributed by atoms with van der Waals surface area (Å²) < 4.78 is 4.80. The number of benzene rings is 1. The molecule has 23 heavy (non-hydrogen) atoms. The number of nitrogens with zero attached hydrogens (tertiary/aromatic N) is 2. The van der Waals surface area contributed by atoms with Gasteiger partial charge in [0.1, 0.15) is 12.1 Å². The van der Waals surface area contributed by atoms with Crippen LogP contribution in [0.15, 0.2) is 41.2 Å². The summed E-state index contributed by atoms with van der Waals surface area (Å²) in [4.78, 5) is 25.1. The van der Waals surface area contributed by atoms with Crippen molar-refractivity contribution in [1.82, 2.24) is 15.4 Å². The number of nitrogens with one attached hydrogen (secondary N) is 1. The Morgan fingerprint density at radius 1 is 1.26 bits per heavy atom. The third-order valence-corrected chi connectivity index (χ3v) is 4.12. The molecule has 7 heteroatoms. The maximum absolute atomic E-state index is 12.1. The van der Waals surface area contributed by atoms with Gasteiger partial charge < -0.3 is 14.7 Å². The third-order valence-electron chi connectivity index (χ3n) is 3.89. The van der Waals surface area contributed by atoms with Gasteiger partial charge in [-0.1, -0.05) is 17.3 Å². The fourth-order valence-electron chi connectivity index (χ4n) is 2.49. The number of rotatable bonds is 5. The average Bonchev–Trinajstić information content (AvgIpc) is 3.07. The number of carbonyl (C=O) groups is 2. The molecule has 0 radical (unpaired) electrons. The monoisotopic (exact) mass is 333 g/mol. The Labute approximate surface area is 138 Å². The van der Waals surface area contributed by atoms with Crippen LogP contribution >= 0.6 is 11.6 Å². The molecule has 2 heterocycles. The third kappa shape index (κ3) is 3.53. The van der Waals surface area contributed by atoms with Crippen molar-refractivity contribution < 1.29 is 14.1 Å². The zero-order valence-electron chi connectivity index (χ0n) is 12.4. The lowest BCUT2D eigenvalue weighted by molar-refractivity contribution is -0.134. The molecule has 0 atom stereocenters. The standard InChI is InChI=1S/C16H16ClN3O3/c17-5-15(21)20-8-11(9-20)6-18-16(22)13-3-1-12(2-4-13)14-7-19-23-10-14/h1-4,7,10-11H,5-6,8-9H2,(H,18,22). The highest BCUT2D eigenvalue weighted by Crippen LogP contribution is 2.19. The summed E-state index contributed by atoms with van der Waals surface area (Å²) in [6.07, 6.45) is 3.18. The van der Waals surface area contributed by atoms with Gasteiger partial charge in [-0.3, -0.25) is 9.59 Å². The lowest BCUT2D eigenvalue weighted by atomic mass is 10.00. The van der Waals surface area contributed by atoms with Gasteiger partial charge in [-0.2, -0.15) is 0 Å². The summed E-state index contributed by atoms with van der Waals surface area (Å²) >= 11 is 5.49. The van der Waals surface area contributed by atoms with E-state index in [1.807, 2.05) is 12.1 Å². The predicted molar refractivity (Wildman–Crippen MR) is 85.1 cm³/mol. The highest BCUT2D eigenvalue weighted by atomic mass is 35.5. The van der Waals surface area contributed by atoms with Crippen LogP contribution in [0, 0.1) is 5.92 Å². The first-order valence-electron chi connectivity index (χ1n) is 7.29. The number of alkyl halides is 1. The summed E-state index contributed by atoms with van der Waals surface area (Å²) in [5.41, 5.74) is 2.41. The van der Waals surface area contributed by atoms with E-state index >= 15 is 0 Å². The van der Waals surface area contributed by atoms with Gasteiger partial charge in [-0.05, 0) is 17.7 Å². The van der Waals surface area contributed by atoms with E-state index in [4.69, 9.17) is 16.1 Å². The molecule has 6 nitrogen and oxygen atoms in total. The van der Waals surface area contributed by atoms with Crippen molar-refractivity contribution >= 4 is 23.4 Å². The molecule has 1 aromatic carbocycles. The average molecular weight is 334 g/mol. The molecule has 0 aliphatic carbocycles. The summed E-state index contributed by atoms with van der Waals surface area (Å²) in [7, 11) is 0. The van der Waals surface area contributed by atoms with Gasteiger partial charge in [0.25, 0.3) is 5.91 Å². The maximum atomic E-state index is 12.1. The van der Waals surface area contributed by atoms with E-state index in [-0.39, 0.29) is 17.7 Å². The highest BCUT2D eigenvalue weighted by Gasteiger charge is 2.30. The molecular formula is C16H16ClN3O3. The Bertz CT molecular complexity index is 679. The second-order valence-corrected chi connectivity index (χ2v) is 5.77. The molecule has 1 saturated heterocycles. The minimum atomic E-state index is -0.121. The summed E-state index contributed by atoms with van der Waals surface area (Å²) in [5.74, 6) is 0.127. The smallest absolute Gasteiger partial charge is 0.251 e. The molecule has 1 fully saturated rings. The molecule has 0 unspecified atom stereocenters. The molecule has 1 aliphatic heterocycles. The Morgan fingerprint density at radius 3 is 2.61 bits per heavy atom. The van der Waals surface area contributed by atoms with E-state index in [0.29, 0.717) is 31.1 Å². The van der Waals surface area contributed by atoms with Crippen LogP contribution in [0.1, 0.15) is 10.4 Å². The zero-order chi connectivity index (χ0) is 16.2. The van der Waals surface area contributed by atoms with Gasteiger partial charge in [0.05, 0.1) is 6.20 Å². The highest BCUT2D eigenvalue weighted by molar-refractivity contribution is 6.27. The van der Waals surface area contributed by atoms with Crippen LogP contribution in [0.25, 0.3) is 11.1 Å². The summed E-state index contributed by atoms with van der Waals surface area (Å²) in [5, 5.41) is 6.55. The quantitative estimate of drug-likeness (QED) is 0.846. The number of likely N-dealkylation sites (tertiary alicyclic amines) is 1. The molecule has 1 N–H and O–H groups in total. The van der Waals surface area contributed by atoms with Crippen molar-refractivity contribution in [2.45, 2.75) is 0 Å². The second-order valence-electron chi connectivity index (χ2n) is 5.50. The Kier molecular flexibility index (Phi) is 4.62. The van der Waals surface area contributed by atoms with Gasteiger partial charge in [-0.25, -0.2) is 0 Å². The van der Waals surface area contributed by atoms with Crippen molar-refractivity contribution in [1.29, 1.82) is 0 Å². The minimum absolute atomic E-state index is 0.0115. The summed E-state index contributed by atoms with van der Waals surface area (Å²) in [6.45, 7) is 1.86. The fraction of sp³-hybridized carbons (Fsp3) is 0.312. The van der Waals surface area contributed by atoms with Crippen LogP contribution in [0.2, 0.25) is 0 Å². The number of amides is 2. The zero-order valence-corrected chi connectivity index (χ0v) is 13.1. The van der Waals surface area contributed by atoms with Gasteiger partial charge in [0, 0.05) is 36.7 Å². The lowest BCUT2D eigenvalue weighted by Gasteiger charge is -2.39. The van der Waals surface area contributed by atoms with Crippen molar-refractivity contribution in [2.24, 2.45) is 5.92 Å². The largest absolute Gasteiger partial charge is 0.364 e. The first-order valence-corrected chi connectivity index (χ1v) is 7.82. The minimum Gasteiger partial charge on any atom is -0.364 e. The molecular weight excluding hydrogens is 318 g/mol. The normalized spacial score (nSPS) is 14.4. The first kappa shape index (κ1) is 15.6. The molecule has 0 saturated carbocycles. The number of hydrogen-bond donors (Lipinski definition) is 1. The molecule has 1 aliphatic rings. The van der Waals surface area contributed by atoms with E-state index in [0.717, 1.165) is 11.1 Å². The second kappa shape index (κ2) is 6.83. The van der Waals surface area contributed by atoms with E-state index in [2.05, 4.69) is 10.5 Å². The lowest BCUT2D eigenvalue weighted by Crippen LogP contribution is -2.54. The van der Waals surface area contributed by atoms with Crippen LogP contribution in [-0.4, -0.2) is 47.4 Å².